The summed E-state index contributed by atoms with van der Waals surface area (Å²) < 4.78 is 35.4. The smallest absolute Gasteiger partial charge is 0.341 e. The lowest BCUT2D eigenvalue weighted by Gasteiger charge is -2.39. The van der Waals surface area contributed by atoms with Gasteiger partial charge in [0.1, 0.15) is 5.75 Å². The molecule has 1 fully saturated rings. The zero-order valence-corrected chi connectivity index (χ0v) is 26.6. The van der Waals surface area contributed by atoms with Crippen molar-refractivity contribution in [3.8, 4) is 16.9 Å². The highest BCUT2D eigenvalue weighted by atomic mass is 35.5. The Morgan fingerprint density at radius 2 is 1.91 bits per heavy atom. The average molecular weight is 638 g/mol. The molecule has 5 rings (SSSR count). The number of carbonyl (C=O) groups is 2. The van der Waals surface area contributed by atoms with E-state index in [1.807, 2.05) is 42.2 Å². The number of carbonyl (C=O) groups excluding carboxylic acids is 2. The number of nitrogens with two attached hydrogens (primary N) is 1. The Balaban J connectivity index is 1.31. The molecule has 3 N–H and O–H groups in total. The second-order valence-corrected chi connectivity index (χ2v) is 13.8. The number of nitrogens with one attached hydrogen (secondary N) is 1. The molecular formula is C33H36ClN3O6S. The number of aryl methyl sites for hydroxylation is 1. The minimum absolute atomic E-state index is 0.116. The van der Waals surface area contributed by atoms with Crippen LogP contribution in [0.15, 0.2) is 71.3 Å². The van der Waals surface area contributed by atoms with Crippen LogP contribution in [0.5, 0.6) is 5.75 Å². The van der Waals surface area contributed by atoms with E-state index in [-0.39, 0.29) is 22.9 Å². The molecule has 0 aliphatic carbocycles. The average Bonchev–Trinajstić information content (AvgIpc) is 3.21. The summed E-state index contributed by atoms with van der Waals surface area (Å²) >= 11 is 6.71. The number of sulfone groups is 1. The van der Waals surface area contributed by atoms with Crippen LogP contribution in [0.1, 0.15) is 29.5 Å². The van der Waals surface area contributed by atoms with Crippen LogP contribution in [0.4, 0.5) is 0 Å². The number of benzene rings is 3. The third-order valence-electron chi connectivity index (χ3n) is 8.18. The number of ether oxygens (including phenoxy) is 2. The predicted octanol–water partition coefficient (Wildman–Crippen LogP) is 4.15. The van der Waals surface area contributed by atoms with Crippen LogP contribution in [-0.4, -0.2) is 70.3 Å². The number of piperidine rings is 1. The molecule has 2 heterocycles. The predicted molar refractivity (Wildman–Crippen MR) is 170 cm³/mol. The van der Waals surface area contributed by atoms with Crippen molar-refractivity contribution in [3.63, 3.8) is 0 Å². The van der Waals surface area contributed by atoms with Gasteiger partial charge >= 0.3 is 5.97 Å². The first-order chi connectivity index (χ1) is 20.9. The van der Waals surface area contributed by atoms with Crippen molar-refractivity contribution in [2.75, 3.05) is 39.5 Å². The highest BCUT2D eigenvalue weighted by Gasteiger charge is 2.49. The summed E-state index contributed by atoms with van der Waals surface area (Å²) in [7, 11) is -1.78. The van der Waals surface area contributed by atoms with Gasteiger partial charge in [-0.05, 0) is 91.4 Å². The molecule has 1 atom stereocenters. The lowest BCUT2D eigenvalue weighted by atomic mass is 9.86. The minimum Gasteiger partial charge on any atom is -0.497 e. The number of nitrogens with zero attached hydrogens (tertiary/aromatic N) is 1. The van der Waals surface area contributed by atoms with Crippen molar-refractivity contribution >= 4 is 38.9 Å². The molecule has 1 saturated heterocycles. The number of hydrogen-bond acceptors (Lipinski definition) is 8. The van der Waals surface area contributed by atoms with Crippen molar-refractivity contribution in [1.82, 2.24) is 10.2 Å². The van der Waals surface area contributed by atoms with E-state index in [1.54, 1.807) is 31.4 Å². The van der Waals surface area contributed by atoms with Crippen LogP contribution in [0.2, 0.25) is 5.02 Å². The van der Waals surface area contributed by atoms with Crippen LogP contribution in [0.3, 0.4) is 0 Å². The van der Waals surface area contributed by atoms with Gasteiger partial charge in [-0.2, -0.15) is 0 Å². The maximum Gasteiger partial charge on any atom is 0.341 e. The van der Waals surface area contributed by atoms with Gasteiger partial charge in [0.05, 0.1) is 29.8 Å². The first-order valence-electron chi connectivity index (χ1n) is 14.4. The topological polar surface area (TPSA) is 128 Å². The summed E-state index contributed by atoms with van der Waals surface area (Å²) in [6, 6.07) is 17.8. The second-order valence-electron chi connectivity index (χ2n) is 11.4. The van der Waals surface area contributed by atoms with E-state index >= 15 is 0 Å². The normalized spacial score (nSPS) is 18.9. The van der Waals surface area contributed by atoms with Crippen molar-refractivity contribution in [1.29, 1.82) is 0 Å². The van der Waals surface area contributed by atoms with Gasteiger partial charge in [-0.15, -0.1) is 0 Å². The standard InChI is InChI=1S/C33H36ClN3O6S/c1-21-15-27(23-8-5-10-25(17-23)44(3,40)41)28(34)18-26(21)30-31(35)33(43-32(30)39)12-6-14-37(20-33)19-29(38)36-13-11-22-7-4-9-24(16-22)42-2/h4-5,7-10,15-18H,6,11-14,19-20,35H2,1-3H3,(H,36,38). The number of hydrogen-bond donors (Lipinski definition) is 2. The Hall–Kier alpha value is -3.86. The van der Waals surface area contributed by atoms with Crippen LogP contribution in [0, 0.1) is 6.92 Å². The van der Waals surface area contributed by atoms with Gasteiger partial charge in [-0.1, -0.05) is 35.9 Å². The first kappa shape index (κ1) is 31.6. The summed E-state index contributed by atoms with van der Waals surface area (Å²) in [5, 5.41) is 3.32. The Labute approximate surface area is 262 Å². The molecular weight excluding hydrogens is 602 g/mol. The molecule has 232 valence electrons. The molecule has 3 aromatic rings. The molecule has 11 heteroatoms. The van der Waals surface area contributed by atoms with Gasteiger partial charge in [0, 0.05) is 29.9 Å². The lowest BCUT2D eigenvalue weighted by Crippen LogP contribution is -2.53. The van der Waals surface area contributed by atoms with Gasteiger partial charge in [0.2, 0.25) is 5.91 Å². The maximum absolute atomic E-state index is 13.3. The summed E-state index contributed by atoms with van der Waals surface area (Å²) in [5.74, 6) is 0.129. The van der Waals surface area contributed by atoms with E-state index in [0.29, 0.717) is 66.3 Å². The van der Waals surface area contributed by atoms with Crippen molar-refractivity contribution in [2.45, 2.75) is 36.7 Å². The minimum atomic E-state index is -3.40. The van der Waals surface area contributed by atoms with Gasteiger partial charge in [0.15, 0.2) is 15.4 Å². The molecule has 9 nitrogen and oxygen atoms in total. The molecule has 1 amide bonds. The Morgan fingerprint density at radius 1 is 1.14 bits per heavy atom. The third-order valence-corrected chi connectivity index (χ3v) is 9.60. The number of likely N-dealkylation sites (tertiary alicyclic amines) is 1. The molecule has 44 heavy (non-hydrogen) atoms. The van der Waals surface area contributed by atoms with Gasteiger partial charge in [-0.25, -0.2) is 13.2 Å². The molecule has 1 spiro atoms. The number of rotatable bonds is 9. The van der Waals surface area contributed by atoms with Crippen LogP contribution < -0.4 is 15.8 Å². The van der Waals surface area contributed by atoms with Gasteiger partial charge < -0.3 is 20.5 Å². The SMILES string of the molecule is COc1cccc(CCNC(=O)CN2CCCC3(C2)OC(=O)C(c2cc(Cl)c(-c4cccc(S(C)(=O)=O)c4)cc2C)=C3N)c1. The molecule has 1 unspecified atom stereocenters. The molecule has 0 aromatic heterocycles. The number of halogens is 1. The molecule has 3 aromatic carbocycles. The summed E-state index contributed by atoms with van der Waals surface area (Å²) in [6.45, 7) is 3.47. The van der Waals surface area contributed by atoms with Gasteiger partial charge in [0.25, 0.3) is 0 Å². The molecule has 0 radical (unpaired) electrons. The number of methoxy groups -OCH3 is 1. The fourth-order valence-electron chi connectivity index (χ4n) is 5.92. The van der Waals surface area contributed by atoms with Crippen molar-refractivity contribution in [2.24, 2.45) is 5.73 Å². The summed E-state index contributed by atoms with van der Waals surface area (Å²) in [5.41, 5.74) is 9.91. The van der Waals surface area contributed by atoms with E-state index in [9.17, 15) is 18.0 Å². The highest BCUT2D eigenvalue weighted by Crippen LogP contribution is 2.43. The van der Waals surface area contributed by atoms with Crippen LogP contribution in [-0.2, 0) is 30.6 Å². The molecule has 2 aliphatic rings. The van der Waals surface area contributed by atoms with E-state index in [2.05, 4.69) is 5.32 Å². The zero-order valence-electron chi connectivity index (χ0n) is 25.0. The molecule has 0 saturated carbocycles. The van der Waals surface area contributed by atoms with Crippen molar-refractivity contribution < 1.29 is 27.5 Å². The monoisotopic (exact) mass is 637 g/mol. The zero-order chi connectivity index (χ0) is 31.6. The number of amides is 1. The molecule has 2 aliphatic heterocycles. The quantitative estimate of drug-likeness (QED) is 0.335. The second kappa shape index (κ2) is 12.6. The van der Waals surface area contributed by atoms with E-state index in [4.69, 9.17) is 26.8 Å². The summed E-state index contributed by atoms with van der Waals surface area (Å²) in [4.78, 5) is 28.2. The third kappa shape index (κ3) is 6.62. The van der Waals surface area contributed by atoms with E-state index in [1.165, 1.54) is 6.07 Å². The van der Waals surface area contributed by atoms with Gasteiger partial charge in [-0.3, -0.25) is 9.69 Å². The first-order valence-corrected chi connectivity index (χ1v) is 16.6. The highest BCUT2D eigenvalue weighted by molar-refractivity contribution is 7.90. The maximum atomic E-state index is 13.3. The lowest BCUT2D eigenvalue weighted by molar-refractivity contribution is -0.149. The van der Waals surface area contributed by atoms with Crippen LogP contribution >= 0.6 is 11.6 Å². The van der Waals surface area contributed by atoms with Crippen LogP contribution in [0.25, 0.3) is 16.7 Å². The fourth-order valence-corrected chi connectivity index (χ4v) is 6.86. The van der Waals surface area contributed by atoms with E-state index in [0.717, 1.165) is 23.1 Å². The fraction of sp³-hybridized carbons (Fsp3) is 0.333. The molecule has 0 bridgehead atoms. The Morgan fingerprint density at radius 3 is 2.66 bits per heavy atom. The summed E-state index contributed by atoms with van der Waals surface area (Å²) in [6.07, 6.45) is 3.08. The van der Waals surface area contributed by atoms with Crippen molar-refractivity contribution in [3.05, 3.63) is 88.1 Å². The number of esters is 1. The Bertz CT molecular complexity index is 1760. The van der Waals surface area contributed by atoms with E-state index < -0.39 is 21.4 Å². The Kier molecular flexibility index (Phi) is 9.06. The largest absolute Gasteiger partial charge is 0.497 e.